The predicted octanol–water partition coefficient (Wildman–Crippen LogP) is 0.252. The fourth-order valence-corrected chi connectivity index (χ4v) is 2.39. The molecule has 1 aliphatic rings. The number of morpholine rings is 1. The summed E-state index contributed by atoms with van der Waals surface area (Å²) in [7, 11) is 0. The lowest BCUT2D eigenvalue weighted by Crippen LogP contribution is -2.48. The minimum Gasteiger partial charge on any atom is -0.479 e. The van der Waals surface area contributed by atoms with Gasteiger partial charge < -0.3 is 14.7 Å². The molecule has 1 aromatic heterocycles. The number of carboxylic acid groups (broad SMARTS) is 1. The Morgan fingerprint density at radius 2 is 2.09 bits per heavy atom. The Hall–Kier alpha value is -2.74. The first kappa shape index (κ1) is 15.2. The second kappa shape index (κ2) is 6.57. The van der Waals surface area contributed by atoms with Crippen LogP contribution in [0.1, 0.15) is 16.1 Å². The molecular weight excluding hydrogens is 300 g/mol. The Morgan fingerprint density at radius 1 is 1.30 bits per heavy atom. The molecule has 1 saturated heterocycles. The van der Waals surface area contributed by atoms with Gasteiger partial charge in [0.1, 0.15) is 0 Å². The Labute approximate surface area is 132 Å². The van der Waals surface area contributed by atoms with Crippen molar-refractivity contribution in [2.75, 3.05) is 19.7 Å². The minimum atomic E-state index is -1.07. The molecule has 120 valence electrons. The molecule has 0 unspecified atom stereocenters. The summed E-state index contributed by atoms with van der Waals surface area (Å²) in [6.45, 7) is 1.07. The van der Waals surface area contributed by atoms with Crippen LogP contribution in [0.4, 0.5) is 0 Å². The maximum atomic E-state index is 12.4. The predicted molar refractivity (Wildman–Crippen MR) is 78.8 cm³/mol. The molecule has 3 rings (SSSR count). The molecule has 0 spiro atoms. The summed E-state index contributed by atoms with van der Waals surface area (Å²) in [6, 6.07) is 9.71. The van der Waals surface area contributed by atoms with Crippen molar-refractivity contribution in [2.24, 2.45) is 0 Å². The standard InChI is InChI=1S/C15H16N4O4/c20-14(18-6-7-23-13(10-18)15(21)22)12-9-19(17-16-12)8-11-4-2-1-3-5-11/h1-5,9,13H,6-8,10H2,(H,21,22)/t13-/m0/s1. The van der Waals surface area contributed by atoms with Crippen LogP contribution in [0.3, 0.4) is 0 Å². The number of carboxylic acids is 1. The maximum absolute atomic E-state index is 12.4. The van der Waals surface area contributed by atoms with Gasteiger partial charge in [-0.1, -0.05) is 35.5 Å². The van der Waals surface area contributed by atoms with E-state index < -0.39 is 12.1 Å². The fraction of sp³-hybridized carbons (Fsp3) is 0.333. The third-order valence-electron chi connectivity index (χ3n) is 3.57. The largest absolute Gasteiger partial charge is 0.479 e. The average molecular weight is 316 g/mol. The molecule has 1 amide bonds. The summed E-state index contributed by atoms with van der Waals surface area (Å²) >= 11 is 0. The number of ether oxygens (including phenoxy) is 1. The highest BCUT2D eigenvalue weighted by Crippen LogP contribution is 2.10. The van der Waals surface area contributed by atoms with Gasteiger partial charge in [0.25, 0.3) is 5.91 Å². The normalized spacial score (nSPS) is 17.9. The molecule has 1 aromatic carbocycles. The molecule has 0 saturated carbocycles. The number of hydrogen-bond donors (Lipinski definition) is 1. The van der Waals surface area contributed by atoms with Crippen molar-refractivity contribution in [3.8, 4) is 0 Å². The molecule has 2 aromatic rings. The van der Waals surface area contributed by atoms with E-state index in [0.29, 0.717) is 13.1 Å². The van der Waals surface area contributed by atoms with Crippen LogP contribution in [-0.4, -0.2) is 62.7 Å². The zero-order valence-electron chi connectivity index (χ0n) is 12.3. The van der Waals surface area contributed by atoms with E-state index in [9.17, 15) is 9.59 Å². The average Bonchev–Trinajstić information content (AvgIpc) is 3.03. The number of hydrogen-bond acceptors (Lipinski definition) is 5. The third-order valence-corrected chi connectivity index (χ3v) is 3.57. The van der Waals surface area contributed by atoms with Crippen LogP contribution in [0.2, 0.25) is 0 Å². The van der Waals surface area contributed by atoms with Crippen molar-refractivity contribution in [2.45, 2.75) is 12.6 Å². The van der Waals surface area contributed by atoms with Crippen LogP contribution in [-0.2, 0) is 16.1 Å². The highest BCUT2D eigenvalue weighted by Gasteiger charge is 2.30. The van der Waals surface area contributed by atoms with Crippen LogP contribution >= 0.6 is 0 Å². The SMILES string of the molecule is O=C(O)[C@@H]1CN(C(=O)c2cn(Cc3ccccc3)nn2)CCO1. The quantitative estimate of drug-likeness (QED) is 0.868. The molecule has 0 bridgehead atoms. The Kier molecular flexibility index (Phi) is 4.33. The van der Waals surface area contributed by atoms with E-state index in [2.05, 4.69) is 10.3 Å². The van der Waals surface area contributed by atoms with Crippen molar-refractivity contribution in [1.29, 1.82) is 0 Å². The second-order valence-electron chi connectivity index (χ2n) is 5.24. The molecular formula is C15H16N4O4. The van der Waals surface area contributed by atoms with E-state index in [4.69, 9.17) is 9.84 Å². The number of carbonyl (C=O) groups excluding carboxylic acids is 1. The van der Waals surface area contributed by atoms with Crippen molar-refractivity contribution < 1.29 is 19.4 Å². The molecule has 1 atom stereocenters. The van der Waals surface area contributed by atoms with Crippen LogP contribution in [0, 0.1) is 0 Å². The smallest absolute Gasteiger partial charge is 0.334 e. The monoisotopic (exact) mass is 316 g/mol. The highest BCUT2D eigenvalue weighted by molar-refractivity contribution is 5.92. The molecule has 8 nitrogen and oxygen atoms in total. The summed E-state index contributed by atoms with van der Waals surface area (Å²) < 4.78 is 6.69. The van der Waals surface area contributed by atoms with Gasteiger partial charge in [-0.15, -0.1) is 5.10 Å². The molecule has 1 fully saturated rings. The Bertz CT molecular complexity index is 701. The van der Waals surface area contributed by atoms with Crippen molar-refractivity contribution in [1.82, 2.24) is 19.9 Å². The molecule has 0 aliphatic carbocycles. The molecule has 23 heavy (non-hydrogen) atoms. The molecule has 8 heteroatoms. The molecule has 1 N–H and O–H groups in total. The lowest BCUT2D eigenvalue weighted by molar-refractivity contribution is -0.154. The van der Waals surface area contributed by atoms with Crippen LogP contribution < -0.4 is 0 Å². The zero-order valence-corrected chi connectivity index (χ0v) is 12.3. The number of nitrogens with zero attached hydrogens (tertiary/aromatic N) is 4. The highest BCUT2D eigenvalue weighted by atomic mass is 16.5. The van der Waals surface area contributed by atoms with Gasteiger partial charge in [-0.05, 0) is 5.56 Å². The number of rotatable bonds is 4. The van der Waals surface area contributed by atoms with E-state index in [1.54, 1.807) is 10.9 Å². The van der Waals surface area contributed by atoms with Crippen molar-refractivity contribution in [3.63, 3.8) is 0 Å². The van der Waals surface area contributed by atoms with E-state index in [1.165, 1.54) is 4.90 Å². The van der Waals surface area contributed by atoms with Gasteiger partial charge in [-0.25, -0.2) is 9.48 Å². The van der Waals surface area contributed by atoms with E-state index in [0.717, 1.165) is 5.56 Å². The van der Waals surface area contributed by atoms with E-state index >= 15 is 0 Å². The topological polar surface area (TPSA) is 97.6 Å². The number of carbonyl (C=O) groups is 2. The summed E-state index contributed by atoms with van der Waals surface area (Å²) in [5.74, 6) is -1.41. The Balaban J connectivity index is 1.67. The van der Waals surface area contributed by atoms with Crippen LogP contribution in [0.25, 0.3) is 0 Å². The number of amides is 1. The Morgan fingerprint density at radius 3 is 2.83 bits per heavy atom. The molecule has 1 aliphatic heterocycles. The van der Waals surface area contributed by atoms with E-state index in [-0.39, 0.29) is 24.8 Å². The molecule has 2 heterocycles. The summed E-state index contributed by atoms with van der Waals surface area (Å²) in [5.41, 5.74) is 1.25. The fourth-order valence-electron chi connectivity index (χ4n) is 2.39. The molecule has 0 radical (unpaired) electrons. The first-order chi connectivity index (χ1) is 11.1. The van der Waals surface area contributed by atoms with E-state index in [1.807, 2.05) is 30.3 Å². The summed E-state index contributed by atoms with van der Waals surface area (Å²) in [6.07, 6.45) is 0.577. The van der Waals surface area contributed by atoms with Crippen LogP contribution in [0.15, 0.2) is 36.5 Å². The lowest BCUT2D eigenvalue weighted by Gasteiger charge is -2.30. The number of aromatic nitrogens is 3. The number of aliphatic carboxylic acids is 1. The van der Waals surface area contributed by atoms with Crippen molar-refractivity contribution >= 4 is 11.9 Å². The third kappa shape index (κ3) is 3.54. The minimum absolute atomic E-state index is 0.0136. The van der Waals surface area contributed by atoms with Gasteiger partial charge >= 0.3 is 5.97 Å². The van der Waals surface area contributed by atoms with Crippen molar-refractivity contribution in [3.05, 3.63) is 47.8 Å². The van der Waals surface area contributed by atoms with Gasteiger partial charge in [0.2, 0.25) is 0 Å². The van der Waals surface area contributed by atoms with Gasteiger partial charge in [-0.3, -0.25) is 4.79 Å². The number of benzene rings is 1. The summed E-state index contributed by atoms with van der Waals surface area (Å²) in [4.78, 5) is 24.8. The van der Waals surface area contributed by atoms with Gasteiger partial charge in [0, 0.05) is 6.54 Å². The zero-order chi connectivity index (χ0) is 16.2. The maximum Gasteiger partial charge on any atom is 0.334 e. The van der Waals surface area contributed by atoms with Gasteiger partial charge in [-0.2, -0.15) is 0 Å². The first-order valence-corrected chi connectivity index (χ1v) is 7.21. The van der Waals surface area contributed by atoms with Crippen LogP contribution in [0.5, 0.6) is 0 Å². The first-order valence-electron chi connectivity index (χ1n) is 7.21. The van der Waals surface area contributed by atoms with Gasteiger partial charge in [0.15, 0.2) is 11.8 Å². The summed E-state index contributed by atoms with van der Waals surface area (Å²) in [5, 5.41) is 16.8. The lowest BCUT2D eigenvalue weighted by atomic mass is 10.2. The second-order valence-corrected chi connectivity index (χ2v) is 5.24. The van der Waals surface area contributed by atoms with Gasteiger partial charge in [0.05, 0.1) is 25.9 Å².